The van der Waals surface area contributed by atoms with Gasteiger partial charge in [0.05, 0.1) is 0 Å². The Bertz CT molecular complexity index is 946. The molecule has 0 radical (unpaired) electrons. The average Bonchev–Trinajstić information content (AvgIpc) is 2.75. The number of carbonyl (C=O) groups excluding carboxylic acids is 5. The van der Waals surface area contributed by atoms with Crippen LogP contribution < -0.4 is 4.90 Å². The Kier molecular flexibility index (Phi) is 9.40. The van der Waals surface area contributed by atoms with Gasteiger partial charge in [0.25, 0.3) is 0 Å². The third kappa shape index (κ3) is 7.84. The maximum absolute atomic E-state index is 12.8. The van der Waals surface area contributed by atoms with E-state index in [2.05, 4.69) is 0 Å². The van der Waals surface area contributed by atoms with Gasteiger partial charge in [0.2, 0.25) is 12.4 Å². The highest BCUT2D eigenvalue weighted by atomic mass is 16.8. The van der Waals surface area contributed by atoms with Crippen LogP contribution in [0.1, 0.15) is 27.7 Å². The highest BCUT2D eigenvalue weighted by Crippen LogP contribution is 2.30. The van der Waals surface area contributed by atoms with E-state index in [4.69, 9.17) is 28.4 Å². The van der Waals surface area contributed by atoms with Crippen LogP contribution in [-0.2, 0) is 47.6 Å². The Balaban J connectivity index is 2.40. The van der Waals surface area contributed by atoms with Gasteiger partial charge < -0.3 is 33.5 Å². The van der Waals surface area contributed by atoms with Crippen LogP contribution in [-0.4, -0.2) is 79.4 Å². The fraction of sp³-hybridized carbons (Fsp3) is 0.500. The van der Waals surface area contributed by atoms with Gasteiger partial charge in [0, 0.05) is 40.4 Å². The van der Waals surface area contributed by atoms with Gasteiger partial charge in [-0.05, 0) is 24.3 Å². The number of benzene rings is 1. The van der Waals surface area contributed by atoms with Crippen molar-refractivity contribution in [1.82, 2.24) is 0 Å². The molecular weight excluding hydrogens is 470 g/mol. The highest BCUT2D eigenvalue weighted by Gasteiger charge is 2.54. The molecule has 0 saturated carbocycles. The van der Waals surface area contributed by atoms with Crippen molar-refractivity contribution in [3.8, 4) is 5.75 Å². The van der Waals surface area contributed by atoms with Gasteiger partial charge in [-0.1, -0.05) is 0 Å². The zero-order valence-corrected chi connectivity index (χ0v) is 19.8. The van der Waals surface area contributed by atoms with E-state index in [1.807, 2.05) is 0 Å². The minimum Gasteiger partial charge on any atom is -0.508 e. The molecule has 1 aromatic rings. The first kappa shape index (κ1) is 27.4. The summed E-state index contributed by atoms with van der Waals surface area (Å²) in [6.45, 7) is 3.91. The molecule has 1 aromatic carbocycles. The first-order chi connectivity index (χ1) is 16.4. The third-order valence-corrected chi connectivity index (χ3v) is 4.68. The summed E-state index contributed by atoms with van der Waals surface area (Å²) in [5.74, 6) is -3.13. The molecule has 1 saturated heterocycles. The molecule has 1 N–H and O–H groups in total. The number of rotatable bonds is 7. The zero-order valence-electron chi connectivity index (χ0n) is 19.8. The van der Waals surface area contributed by atoms with Crippen molar-refractivity contribution in [2.24, 2.45) is 0 Å². The summed E-state index contributed by atoms with van der Waals surface area (Å²) in [5.41, 5.74) is 0.346. The molecule has 0 bridgehead atoms. The summed E-state index contributed by atoms with van der Waals surface area (Å²) >= 11 is 0. The van der Waals surface area contributed by atoms with Crippen LogP contribution in [0.25, 0.3) is 0 Å². The molecule has 0 aliphatic carbocycles. The number of hydrogen-bond acceptors (Lipinski definition) is 12. The highest BCUT2D eigenvalue weighted by molar-refractivity contribution is 5.87. The molecule has 1 fully saturated rings. The van der Waals surface area contributed by atoms with Gasteiger partial charge >= 0.3 is 30.0 Å². The number of amides is 1. The second-order valence-corrected chi connectivity index (χ2v) is 7.53. The van der Waals surface area contributed by atoms with Crippen molar-refractivity contribution in [3.05, 3.63) is 24.3 Å². The van der Waals surface area contributed by atoms with Crippen LogP contribution in [0.15, 0.2) is 24.3 Å². The van der Waals surface area contributed by atoms with E-state index in [0.29, 0.717) is 5.69 Å². The number of anilines is 1. The lowest BCUT2D eigenvalue weighted by molar-refractivity contribution is -0.294. The van der Waals surface area contributed by atoms with Crippen LogP contribution >= 0.6 is 0 Å². The predicted molar refractivity (Wildman–Crippen MR) is 115 cm³/mol. The summed E-state index contributed by atoms with van der Waals surface area (Å²) < 4.78 is 31.9. The standard InChI is InChI=1S/C22H27NO12/c1-11(24)30-10-17-18(31-12(2)25)19(32-13(3)26)20(33-14(4)27)21(34-17)35-22(29)23(5)15-6-8-16(28)9-7-15/h6-9,17-21,28H,10H2,1-5H3/t17-,18+,19+,20-,21-/m1/s1. The van der Waals surface area contributed by atoms with Gasteiger partial charge in [0.15, 0.2) is 12.2 Å². The van der Waals surface area contributed by atoms with Crippen LogP contribution in [0, 0.1) is 0 Å². The molecule has 35 heavy (non-hydrogen) atoms. The third-order valence-electron chi connectivity index (χ3n) is 4.68. The van der Waals surface area contributed by atoms with Crippen LogP contribution in [0.3, 0.4) is 0 Å². The Hall–Kier alpha value is -3.87. The first-order valence-corrected chi connectivity index (χ1v) is 10.4. The monoisotopic (exact) mass is 497 g/mol. The van der Waals surface area contributed by atoms with E-state index >= 15 is 0 Å². The van der Waals surface area contributed by atoms with Gasteiger partial charge in [-0.2, -0.15) is 0 Å². The molecule has 1 aliphatic heterocycles. The number of carbonyl (C=O) groups is 5. The van der Waals surface area contributed by atoms with E-state index < -0.39 is 67.3 Å². The maximum atomic E-state index is 12.8. The fourth-order valence-electron chi connectivity index (χ4n) is 3.24. The topological polar surface area (TPSA) is 164 Å². The summed E-state index contributed by atoms with van der Waals surface area (Å²) in [6, 6.07) is 5.61. The fourth-order valence-corrected chi connectivity index (χ4v) is 3.24. The minimum atomic E-state index is -1.65. The number of nitrogens with zero attached hydrogens (tertiary/aromatic N) is 1. The lowest BCUT2D eigenvalue weighted by atomic mass is 9.98. The molecule has 0 spiro atoms. The second-order valence-electron chi connectivity index (χ2n) is 7.53. The first-order valence-electron chi connectivity index (χ1n) is 10.4. The quantitative estimate of drug-likeness (QED) is 0.421. The summed E-state index contributed by atoms with van der Waals surface area (Å²) in [7, 11) is 1.37. The molecule has 13 heteroatoms. The van der Waals surface area contributed by atoms with Gasteiger partial charge in [-0.25, -0.2) is 4.79 Å². The van der Waals surface area contributed by atoms with E-state index in [1.165, 1.54) is 31.3 Å². The average molecular weight is 497 g/mol. The molecule has 0 aromatic heterocycles. The Morgan fingerprint density at radius 3 is 1.83 bits per heavy atom. The van der Waals surface area contributed by atoms with E-state index in [-0.39, 0.29) is 5.75 Å². The van der Waals surface area contributed by atoms with E-state index in [1.54, 1.807) is 0 Å². The largest absolute Gasteiger partial charge is 0.508 e. The van der Waals surface area contributed by atoms with Crippen molar-refractivity contribution in [3.63, 3.8) is 0 Å². The zero-order chi connectivity index (χ0) is 26.3. The molecule has 1 amide bonds. The molecule has 192 valence electrons. The number of ether oxygens (including phenoxy) is 6. The van der Waals surface area contributed by atoms with E-state index in [9.17, 15) is 29.1 Å². The lowest BCUT2D eigenvalue weighted by Gasteiger charge is -2.43. The van der Waals surface area contributed by atoms with Gasteiger partial charge in [-0.3, -0.25) is 24.1 Å². The summed E-state index contributed by atoms with van der Waals surface area (Å²) in [6.07, 6.45) is -8.24. The minimum absolute atomic E-state index is 0.0184. The van der Waals surface area contributed by atoms with Crippen LogP contribution in [0.2, 0.25) is 0 Å². The van der Waals surface area contributed by atoms with Gasteiger partial charge in [0.1, 0.15) is 18.5 Å². The number of phenols is 1. The molecule has 2 rings (SSSR count). The number of phenolic OH excluding ortho intramolecular Hbond substituents is 1. The van der Waals surface area contributed by atoms with Crippen molar-refractivity contribution in [1.29, 1.82) is 0 Å². The molecule has 0 unspecified atom stereocenters. The SMILES string of the molecule is CC(=O)OC[C@H]1O[C@H](OC(=O)N(C)c2ccc(O)cc2)[C@H](OC(C)=O)[C@@H](OC(C)=O)[C@H]1OC(C)=O. The Labute approximate surface area is 200 Å². The van der Waals surface area contributed by atoms with Crippen molar-refractivity contribution >= 4 is 35.7 Å². The number of esters is 4. The smallest absolute Gasteiger partial charge is 0.416 e. The Morgan fingerprint density at radius 1 is 0.800 bits per heavy atom. The lowest BCUT2D eigenvalue weighted by Crippen LogP contribution is -2.63. The molecular formula is C22H27NO12. The molecule has 5 atom stereocenters. The number of aromatic hydroxyl groups is 1. The number of hydrogen-bond donors (Lipinski definition) is 1. The van der Waals surface area contributed by atoms with E-state index in [0.717, 1.165) is 32.6 Å². The van der Waals surface area contributed by atoms with Crippen molar-refractivity contribution in [2.75, 3.05) is 18.6 Å². The van der Waals surface area contributed by atoms with Crippen molar-refractivity contribution in [2.45, 2.75) is 58.4 Å². The second kappa shape index (κ2) is 12.0. The summed E-state index contributed by atoms with van der Waals surface area (Å²) in [4.78, 5) is 60.7. The molecule has 13 nitrogen and oxygen atoms in total. The summed E-state index contributed by atoms with van der Waals surface area (Å²) in [5, 5.41) is 9.45. The molecule has 1 aliphatic rings. The Morgan fingerprint density at radius 2 is 1.31 bits per heavy atom. The van der Waals surface area contributed by atoms with Gasteiger partial charge in [-0.15, -0.1) is 0 Å². The van der Waals surface area contributed by atoms with Crippen LogP contribution in [0.5, 0.6) is 5.75 Å². The molecule has 1 heterocycles. The predicted octanol–water partition coefficient (Wildman–Crippen LogP) is 1.05. The van der Waals surface area contributed by atoms with Crippen LogP contribution in [0.4, 0.5) is 10.5 Å². The maximum Gasteiger partial charge on any atom is 0.416 e. The van der Waals surface area contributed by atoms with Crippen molar-refractivity contribution < 1.29 is 57.5 Å². The normalized spacial score (nSPS) is 23.4.